The van der Waals surface area contributed by atoms with E-state index in [1.807, 2.05) is 0 Å². The van der Waals surface area contributed by atoms with E-state index >= 15 is 0 Å². The van der Waals surface area contributed by atoms with Crippen molar-refractivity contribution >= 4 is 0 Å². The van der Waals surface area contributed by atoms with Crippen LogP contribution in [0.1, 0.15) is 83.3 Å². The minimum atomic E-state index is 0.467. The van der Waals surface area contributed by atoms with Gasteiger partial charge < -0.3 is 5.32 Å². The molecule has 1 aliphatic rings. The minimum absolute atomic E-state index is 0.467. The highest BCUT2D eigenvalue weighted by Gasteiger charge is 2.52. The first kappa shape index (κ1) is 16.5. The molecule has 1 fully saturated rings. The van der Waals surface area contributed by atoms with Crippen LogP contribution in [0.3, 0.4) is 0 Å². The molecule has 0 spiro atoms. The predicted molar refractivity (Wildman–Crippen MR) is 93.0 cm³/mol. The number of nitrogens with one attached hydrogen (secondary N) is 1. The summed E-state index contributed by atoms with van der Waals surface area (Å²) in [6.07, 6.45) is 5.10. The highest BCUT2D eigenvalue weighted by Crippen LogP contribution is 2.57. The van der Waals surface area contributed by atoms with E-state index in [0.29, 0.717) is 17.4 Å². The van der Waals surface area contributed by atoms with Gasteiger partial charge in [-0.15, -0.1) is 0 Å². The molecule has 2 unspecified atom stereocenters. The normalized spacial score (nSPS) is 24.1. The van der Waals surface area contributed by atoms with E-state index in [1.165, 1.54) is 31.2 Å². The maximum atomic E-state index is 3.79. The van der Waals surface area contributed by atoms with E-state index in [0.717, 1.165) is 12.5 Å². The molecule has 0 radical (unpaired) electrons. The second-order valence-electron chi connectivity index (χ2n) is 7.06. The quantitative estimate of drug-likeness (QED) is 0.701. The molecular formula is C20H33N. The summed E-state index contributed by atoms with van der Waals surface area (Å²) in [4.78, 5) is 0. The van der Waals surface area contributed by atoms with E-state index in [2.05, 4.69) is 64.2 Å². The van der Waals surface area contributed by atoms with E-state index < -0.39 is 0 Å². The molecule has 21 heavy (non-hydrogen) atoms. The highest BCUT2D eigenvalue weighted by atomic mass is 15.0. The lowest BCUT2D eigenvalue weighted by atomic mass is 9.51. The monoisotopic (exact) mass is 287 g/mol. The molecule has 118 valence electrons. The van der Waals surface area contributed by atoms with E-state index in [1.54, 1.807) is 5.56 Å². The van der Waals surface area contributed by atoms with Crippen LogP contribution in [0, 0.1) is 5.41 Å². The lowest BCUT2D eigenvalue weighted by Crippen LogP contribution is -2.58. The largest absolute Gasteiger partial charge is 0.313 e. The number of benzene rings is 1. The molecule has 0 aromatic heterocycles. The van der Waals surface area contributed by atoms with Crippen LogP contribution >= 0.6 is 0 Å². The Balaban J connectivity index is 2.15. The van der Waals surface area contributed by atoms with Gasteiger partial charge in [-0.3, -0.25) is 0 Å². The van der Waals surface area contributed by atoms with Crippen LogP contribution in [0.4, 0.5) is 0 Å². The summed E-state index contributed by atoms with van der Waals surface area (Å²) in [5, 5.41) is 3.79. The lowest BCUT2D eigenvalue weighted by Gasteiger charge is -2.57. The summed E-state index contributed by atoms with van der Waals surface area (Å²) in [5.41, 5.74) is 3.48. The summed E-state index contributed by atoms with van der Waals surface area (Å²) in [7, 11) is 0. The van der Waals surface area contributed by atoms with Crippen molar-refractivity contribution in [2.75, 3.05) is 6.54 Å². The summed E-state index contributed by atoms with van der Waals surface area (Å²) >= 11 is 0. The molecule has 0 amide bonds. The Morgan fingerprint density at radius 1 is 1.10 bits per heavy atom. The standard InChI is InChI=1S/C20H33N/c1-6-13-21-19-14-18(20(19,7-2)8-3)17-11-9-16(10-12-17)15(4)5/h9-12,15,18-19,21H,6-8,13-14H2,1-5H3. The smallest absolute Gasteiger partial charge is 0.0135 e. The Labute approximate surface area is 131 Å². The Kier molecular flexibility index (Phi) is 5.48. The second kappa shape index (κ2) is 6.96. The summed E-state index contributed by atoms with van der Waals surface area (Å²) in [5.74, 6) is 1.37. The maximum Gasteiger partial charge on any atom is 0.0135 e. The zero-order chi connectivity index (χ0) is 15.5. The maximum absolute atomic E-state index is 3.79. The second-order valence-corrected chi connectivity index (χ2v) is 7.06. The SMILES string of the molecule is CCCNC1CC(c2ccc(C(C)C)cc2)C1(CC)CC. The van der Waals surface area contributed by atoms with Crippen molar-refractivity contribution in [1.82, 2.24) is 5.32 Å². The third-order valence-electron chi connectivity index (χ3n) is 5.82. The molecule has 1 aromatic rings. The topological polar surface area (TPSA) is 12.0 Å². The van der Waals surface area contributed by atoms with Gasteiger partial charge in [0.1, 0.15) is 0 Å². The van der Waals surface area contributed by atoms with Crippen molar-refractivity contribution in [3.8, 4) is 0 Å². The van der Waals surface area contributed by atoms with Gasteiger partial charge in [0.25, 0.3) is 0 Å². The lowest BCUT2D eigenvalue weighted by molar-refractivity contribution is 0.0202. The molecule has 0 bridgehead atoms. The molecule has 2 atom stereocenters. The predicted octanol–water partition coefficient (Wildman–Crippen LogP) is 5.47. The molecular weight excluding hydrogens is 254 g/mol. The van der Waals surface area contributed by atoms with Gasteiger partial charge in [-0.05, 0) is 60.6 Å². The number of hydrogen-bond acceptors (Lipinski definition) is 1. The van der Waals surface area contributed by atoms with Gasteiger partial charge in [0, 0.05) is 6.04 Å². The fourth-order valence-corrected chi connectivity index (χ4v) is 4.21. The molecule has 0 saturated heterocycles. The molecule has 1 heteroatoms. The van der Waals surface area contributed by atoms with Gasteiger partial charge in [0.15, 0.2) is 0 Å². The van der Waals surface area contributed by atoms with Gasteiger partial charge >= 0.3 is 0 Å². The number of hydrogen-bond donors (Lipinski definition) is 1. The Bertz CT molecular complexity index is 428. The van der Waals surface area contributed by atoms with Crippen LogP contribution in [0.15, 0.2) is 24.3 Å². The Morgan fingerprint density at radius 3 is 2.19 bits per heavy atom. The molecule has 1 aromatic carbocycles. The molecule has 1 nitrogen and oxygen atoms in total. The third-order valence-corrected chi connectivity index (χ3v) is 5.82. The molecule has 1 N–H and O–H groups in total. The van der Waals surface area contributed by atoms with E-state index in [9.17, 15) is 0 Å². The van der Waals surface area contributed by atoms with Crippen LogP contribution in [-0.4, -0.2) is 12.6 Å². The van der Waals surface area contributed by atoms with E-state index in [-0.39, 0.29) is 0 Å². The van der Waals surface area contributed by atoms with Crippen LogP contribution in [-0.2, 0) is 0 Å². The first-order chi connectivity index (χ1) is 10.1. The van der Waals surface area contributed by atoms with Crippen LogP contribution < -0.4 is 5.32 Å². The van der Waals surface area contributed by atoms with Crippen molar-refractivity contribution < 1.29 is 0 Å². The minimum Gasteiger partial charge on any atom is -0.313 e. The van der Waals surface area contributed by atoms with Crippen molar-refractivity contribution in [2.24, 2.45) is 5.41 Å². The zero-order valence-corrected chi connectivity index (χ0v) is 14.6. The van der Waals surface area contributed by atoms with Gasteiger partial charge in [-0.1, -0.05) is 58.9 Å². The molecule has 2 rings (SSSR count). The fourth-order valence-electron chi connectivity index (χ4n) is 4.21. The van der Waals surface area contributed by atoms with Gasteiger partial charge in [0.2, 0.25) is 0 Å². The molecule has 1 aliphatic carbocycles. The van der Waals surface area contributed by atoms with Crippen molar-refractivity contribution in [2.45, 2.75) is 78.2 Å². The molecule has 0 heterocycles. The summed E-state index contributed by atoms with van der Waals surface area (Å²) < 4.78 is 0. The first-order valence-electron chi connectivity index (χ1n) is 8.92. The van der Waals surface area contributed by atoms with E-state index in [4.69, 9.17) is 0 Å². The fraction of sp³-hybridized carbons (Fsp3) is 0.700. The third kappa shape index (κ3) is 3.04. The number of rotatable bonds is 7. The Hall–Kier alpha value is -0.820. The van der Waals surface area contributed by atoms with Crippen LogP contribution in [0.25, 0.3) is 0 Å². The molecule has 0 aliphatic heterocycles. The highest BCUT2D eigenvalue weighted by molar-refractivity contribution is 5.32. The summed E-state index contributed by atoms with van der Waals surface area (Å²) in [6.45, 7) is 12.7. The average Bonchev–Trinajstić information content (AvgIpc) is 2.48. The Morgan fingerprint density at radius 2 is 1.71 bits per heavy atom. The average molecular weight is 287 g/mol. The van der Waals surface area contributed by atoms with Crippen molar-refractivity contribution in [3.63, 3.8) is 0 Å². The first-order valence-corrected chi connectivity index (χ1v) is 8.92. The van der Waals surface area contributed by atoms with Crippen LogP contribution in [0.5, 0.6) is 0 Å². The summed E-state index contributed by atoms with van der Waals surface area (Å²) in [6, 6.07) is 10.2. The van der Waals surface area contributed by atoms with Crippen LogP contribution in [0.2, 0.25) is 0 Å². The molecule has 1 saturated carbocycles. The van der Waals surface area contributed by atoms with Gasteiger partial charge in [-0.25, -0.2) is 0 Å². The van der Waals surface area contributed by atoms with Crippen molar-refractivity contribution in [1.29, 1.82) is 0 Å². The van der Waals surface area contributed by atoms with Gasteiger partial charge in [0.05, 0.1) is 0 Å². The van der Waals surface area contributed by atoms with Gasteiger partial charge in [-0.2, -0.15) is 0 Å². The van der Waals surface area contributed by atoms with Crippen molar-refractivity contribution in [3.05, 3.63) is 35.4 Å². The zero-order valence-electron chi connectivity index (χ0n) is 14.6.